The summed E-state index contributed by atoms with van der Waals surface area (Å²) >= 11 is 0. The Morgan fingerprint density at radius 1 is 0.455 bits per heavy atom. The van der Waals surface area contributed by atoms with Gasteiger partial charge in [0.25, 0.3) is 0 Å². The van der Waals surface area contributed by atoms with Crippen LogP contribution in [0, 0.1) is 0 Å². The van der Waals surface area contributed by atoms with Crippen molar-refractivity contribution in [2.75, 3.05) is 13.1 Å². The van der Waals surface area contributed by atoms with Gasteiger partial charge in [0.1, 0.15) is 0 Å². The average Bonchev–Trinajstić information content (AvgIpc) is 2.64. The summed E-state index contributed by atoms with van der Waals surface area (Å²) in [6.07, 6.45) is 11.7. The fraction of sp³-hybridized carbons (Fsp3) is 1.00. The number of hydrogen-bond acceptors (Lipinski definition) is 1. The van der Waals surface area contributed by atoms with E-state index in [-0.39, 0.29) is 0 Å². The van der Waals surface area contributed by atoms with Crippen molar-refractivity contribution in [2.24, 2.45) is 0 Å². The second-order valence-electron chi connectivity index (χ2n) is 3.58. The lowest BCUT2D eigenvalue weighted by molar-refractivity contribution is 0.520. The predicted molar refractivity (Wildman–Crippen MR) is 49.8 cm³/mol. The van der Waals surface area contributed by atoms with Gasteiger partial charge in [-0.2, -0.15) is 0 Å². The molecule has 0 atom stereocenters. The number of hydrogen-bond donors (Lipinski definition) is 1. The maximum absolute atomic E-state index is 3.28. The van der Waals surface area contributed by atoms with Crippen molar-refractivity contribution in [3.8, 4) is 0 Å². The van der Waals surface area contributed by atoms with Gasteiger partial charge in [0.2, 0.25) is 0 Å². The summed E-state index contributed by atoms with van der Waals surface area (Å²) in [4.78, 5) is 0. The highest BCUT2D eigenvalue weighted by Crippen LogP contribution is 2.15. The van der Waals surface area contributed by atoms with Gasteiger partial charge in [0.15, 0.2) is 0 Å². The Kier molecular flexibility index (Phi) is 5.48. The van der Waals surface area contributed by atoms with Crippen LogP contribution in [-0.2, 0) is 0 Å². The highest BCUT2D eigenvalue weighted by Gasteiger charge is 1.95. The minimum Gasteiger partial charge on any atom is -0.317 e. The van der Waals surface area contributed by atoms with Crippen molar-refractivity contribution in [2.45, 2.75) is 51.4 Å². The smallest absolute Gasteiger partial charge is 0.00489 e. The van der Waals surface area contributed by atoms with Crippen LogP contribution in [0.2, 0.25) is 0 Å². The molecule has 0 aromatic rings. The molecule has 1 heterocycles. The van der Waals surface area contributed by atoms with Gasteiger partial charge < -0.3 is 5.32 Å². The third-order valence-electron chi connectivity index (χ3n) is 2.46. The van der Waals surface area contributed by atoms with E-state index in [9.17, 15) is 0 Å². The van der Waals surface area contributed by atoms with Crippen LogP contribution in [0.15, 0.2) is 0 Å². The van der Waals surface area contributed by atoms with Crippen molar-refractivity contribution in [1.29, 1.82) is 0 Å². The molecule has 1 N–H and O–H groups in total. The van der Waals surface area contributed by atoms with Crippen LogP contribution in [0.4, 0.5) is 0 Å². The first-order valence-corrected chi connectivity index (χ1v) is 5.21. The molecule has 1 saturated heterocycles. The summed E-state index contributed by atoms with van der Waals surface area (Å²) in [5, 5.41) is 3.28. The van der Waals surface area contributed by atoms with E-state index in [1.807, 2.05) is 0 Å². The van der Waals surface area contributed by atoms with Crippen LogP contribution in [0.1, 0.15) is 51.4 Å². The summed E-state index contributed by atoms with van der Waals surface area (Å²) in [7, 11) is 0. The fourth-order valence-corrected chi connectivity index (χ4v) is 1.69. The third kappa shape index (κ3) is 5.25. The van der Waals surface area contributed by atoms with Crippen LogP contribution < -0.4 is 5.32 Å². The standard InChI is InChI=1S/C5H11N.C5H10/c1-2-4-6-5-3-1;1-2-4-5-3-1/h6H,1-5H2;1-5H2. The molecule has 0 spiro atoms. The highest BCUT2D eigenvalue weighted by molar-refractivity contribution is 4.55. The van der Waals surface area contributed by atoms with E-state index in [0.717, 1.165) is 0 Å². The Bertz CT molecular complexity index is 53.8. The molecule has 0 amide bonds. The quantitative estimate of drug-likeness (QED) is 0.567. The van der Waals surface area contributed by atoms with Crippen molar-refractivity contribution in [3.63, 3.8) is 0 Å². The molecule has 0 bridgehead atoms. The largest absolute Gasteiger partial charge is 0.317 e. The van der Waals surface area contributed by atoms with Crippen molar-refractivity contribution < 1.29 is 0 Å². The predicted octanol–water partition coefficient (Wildman–Crippen LogP) is 2.71. The van der Waals surface area contributed by atoms with E-state index in [2.05, 4.69) is 5.32 Å². The summed E-state index contributed by atoms with van der Waals surface area (Å²) in [6, 6.07) is 0. The zero-order valence-corrected chi connectivity index (χ0v) is 7.57. The van der Waals surface area contributed by atoms with Gasteiger partial charge >= 0.3 is 0 Å². The first-order chi connectivity index (χ1) is 5.50. The molecular weight excluding hydrogens is 134 g/mol. The zero-order chi connectivity index (χ0) is 7.78. The maximum atomic E-state index is 3.28. The molecule has 1 heteroatoms. The minimum absolute atomic E-state index is 1.25. The van der Waals surface area contributed by atoms with E-state index < -0.39 is 0 Å². The molecule has 1 aliphatic heterocycles. The van der Waals surface area contributed by atoms with Gasteiger partial charge in [0, 0.05) is 0 Å². The van der Waals surface area contributed by atoms with Gasteiger partial charge in [-0.1, -0.05) is 38.5 Å². The van der Waals surface area contributed by atoms with Crippen molar-refractivity contribution in [1.82, 2.24) is 5.32 Å². The second kappa shape index (κ2) is 6.66. The molecular formula is C10H21N. The summed E-state index contributed by atoms with van der Waals surface area (Å²) < 4.78 is 0. The third-order valence-corrected chi connectivity index (χ3v) is 2.46. The topological polar surface area (TPSA) is 12.0 Å². The van der Waals surface area contributed by atoms with E-state index in [1.165, 1.54) is 64.5 Å². The molecule has 1 saturated carbocycles. The molecule has 11 heavy (non-hydrogen) atoms. The molecule has 0 aromatic heterocycles. The molecule has 0 unspecified atom stereocenters. The monoisotopic (exact) mass is 155 g/mol. The normalized spacial score (nSPS) is 24.0. The molecule has 0 radical (unpaired) electrons. The van der Waals surface area contributed by atoms with E-state index in [4.69, 9.17) is 0 Å². The summed E-state index contributed by atoms with van der Waals surface area (Å²) in [6.45, 7) is 2.50. The van der Waals surface area contributed by atoms with Gasteiger partial charge in [-0.05, 0) is 25.9 Å². The fourth-order valence-electron chi connectivity index (χ4n) is 1.69. The van der Waals surface area contributed by atoms with Gasteiger partial charge in [-0.25, -0.2) is 0 Å². The molecule has 2 aliphatic rings. The Labute approximate surface area is 70.6 Å². The molecule has 2 fully saturated rings. The van der Waals surface area contributed by atoms with Gasteiger partial charge in [-0.3, -0.25) is 0 Å². The summed E-state index contributed by atoms with van der Waals surface area (Å²) in [5.41, 5.74) is 0. The molecule has 1 aliphatic carbocycles. The lowest BCUT2D eigenvalue weighted by Gasteiger charge is -2.08. The van der Waals surface area contributed by atoms with E-state index in [0.29, 0.717) is 0 Å². The zero-order valence-electron chi connectivity index (χ0n) is 7.57. The first-order valence-electron chi connectivity index (χ1n) is 5.21. The van der Waals surface area contributed by atoms with E-state index >= 15 is 0 Å². The lowest BCUT2D eigenvalue weighted by atomic mass is 10.2. The van der Waals surface area contributed by atoms with Crippen LogP contribution in [0.25, 0.3) is 0 Å². The molecule has 1 nitrogen and oxygen atoms in total. The second-order valence-corrected chi connectivity index (χ2v) is 3.58. The van der Waals surface area contributed by atoms with Crippen LogP contribution in [0.5, 0.6) is 0 Å². The Morgan fingerprint density at radius 3 is 1.00 bits per heavy atom. The number of piperidine rings is 1. The SMILES string of the molecule is C1CCCC1.C1CCNCC1. The van der Waals surface area contributed by atoms with Gasteiger partial charge in [-0.15, -0.1) is 0 Å². The van der Waals surface area contributed by atoms with Crippen molar-refractivity contribution in [3.05, 3.63) is 0 Å². The van der Waals surface area contributed by atoms with Crippen LogP contribution in [-0.4, -0.2) is 13.1 Å². The number of rotatable bonds is 0. The average molecular weight is 155 g/mol. The van der Waals surface area contributed by atoms with Crippen molar-refractivity contribution >= 4 is 0 Å². The molecule has 0 aromatic carbocycles. The Morgan fingerprint density at radius 2 is 0.818 bits per heavy atom. The highest BCUT2D eigenvalue weighted by atomic mass is 14.9. The first kappa shape index (κ1) is 9.05. The van der Waals surface area contributed by atoms with Crippen LogP contribution in [0.3, 0.4) is 0 Å². The van der Waals surface area contributed by atoms with Gasteiger partial charge in [0.05, 0.1) is 0 Å². The Hall–Kier alpha value is -0.0400. The lowest BCUT2D eigenvalue weighted by Crippen LogP contribution is -2.21. The minimum atomic E-state index is 1.25. The molecule has 2 rings (SSSR count). The molecule has 66 valence electrons. The summed E-state index contributed by atoms with van der Waals surface area (Å²) in [5.74, 6) is 0. The number of nitrogens with one attached hydrogen (secondary N) is 1. The van der Waals surface area contributed by atoms with E-state index in [1.54, 1.807) is 0 Å². The maximum Gasteiger partial charge on any atom is -0.00489 e. The Balaban J connectivity index is 0.000000112. The van der Waals surface area contributed by atoms with Crippen LogP contribution >= 0.6 is 0 Å².